The summed E-state index contributed by atoms with van der Waals surface area (Å²) >= 11 is 0. The number of nitrogens with one attached hydrogen (secondary N) is 2. The zero-order valence-corrected chi connectivity index (χ0v) is 26.0. The topological polar surface area (TPSA) is 226 Å². The summed E-state index contributed by atoms with van der Waals surface area (Å²) in [6, 6.07) is 20.8. The highest BCUT2D eigenvalue weighted by molar-refractivity contribution is 7.89. The molecular formula is C29H30N4O12S2. The molecule has 3 amide bonds. The van der Waals surface area contributed by atoms with Crippen LogP contribution in [-0.2, 0) is 62.3 Å². The van der Waals surface area contributed by atoms with Gasteiger partial charge in [-0.15, -0.1) is 0 Å². The number of esters is 1. The van der Waals surface area contributed by atoms with Crippen molar-refractivity contribution in [1.29, 1.82) is 0 Å². The van der Waals surface area contributed by atoms with Crippen LogP contribution >= 0.6 is 0 Å². The number of hydrogen-bond donors (Lipinski definition) is 4. The van der Waals surface area contributed by atoms with Gasteiger partial charge in [0.1, 0.15) is 25.3 Å². The number of amides is 3. The molecule has 18 heteroatoms. The van der Waals surface area contributed by atoms with Crippen molar-refractivity contribution in [3.8, 4) is 0 Å². The minimum atomic E-state index is -4.85. The second kappa shape index (κ2) is 15.2. The van der Waals surface area contributed by atoms with E-state index in [9.17, 15) is 41.2 Å². The van der Waals surface area contributed by atoms with Crippen molar-refractivity contribution in [2.24, 2.45) is 5.92 Å². The average Bonchev–Trinajstić information content (AvgIpc) is 3.05. The largest absolute Gasteiger partial charge is 0.460 e. The van der Waals surface area contributed by atoms with Gasteiger partial charge >= 0.3 is 16.3 Å². The van der Waals surface area contributed by atoms with Crippen LogP contribution in [0.5, 0.6) is 0 Å². The van der Waals surface area contributed by atoms with Gasteiger partial charge in [0.25, 0.3) is 11.8 Å². The van der Waals surface area contributed by atoms with Crippen molar-refractivity contribution >= 4 is 44.0 Å². The monoisotopic (exact) mass is 690 g/mol. The van der Waals surface area contributed by atoms with Gasteiger partial charge in [-0.1, -0.05) is 96.2 Å². The molecule has 3 aromatic rings. The lowest BCUT2D eigenvalue weighted by atomic mass is 10.1. The number of rotatable bonds is 15. The summed E-state index contributed by atoms with van der Waals surface area (Å²) in [6.07, 6.45) is 0. The third-order valence-electron chi connectivity index (χ3n) is 6.76. The van der Waals surface area contributed by atoms with E-state index >= 15 is 0 Å². The van der Waals surface area contributed by atoms with E-state index in [1.54, 1.807) is 66.7 Å². The summed E-state index contributed by atoms with van der Waals surface area (Å²) in [4.78, 5) is 56.7. The van der Waals surface area contributed by atoms with Crippen LogP contribution in [0.15, 0.2) is 91.0 Å². The number of β-lactam (4-membered cyclic amide) rings is 1. The molecule has 0 spiro atoms. The highest BCUT2D eigenvalue weighted by Crippen LogP contribution is 2.20. The second-order valence-corrected chi connectivity index (χ2v) is 13.3. The molecule has 3 atom stereocenters. The maximum Gasteiger partial charge on any atom is 0.362 e. The Morgan fingerprint density at radius 1 is 0.872 bits per heavy atom. The van der Waals surface area contributed by atoms with Crippen LogP contribution in [0.2, 0.25) is 0 Å². The number of benzene rings is 3. The van der Waals surface area contributed by atoms with Gasteiger partial charge in [-0.25, -0.2) is 17.6 Å². The maximum absolute atomic E-state index is 13.5. The van der Waals surface area contributed by atoms with Gasteiger partial charge in [0.05, 0.1) is 12.3 Å². The van der Waals surface area contributed by atoms with Crippen molar-refractivity contribution in [3.05, 3.63) is 108 Å². The van der Waals surface area contributed by atoms with Crippen molar-refractivity contribution in [2.45, 2.75) is 25.3 Å². The molecular weight excluding hydrogens is 660 g/mol. The minimum Gasteiger partial charge on any atom is -0.460 e. The first-order valence-corrected chi connectivity index (χ1v) is 16.8. The molecule has 1 saturated heterocycles. The van der Waals surface area contributed by atoms with Crippen LogP contribution in [0.1, 0.15) is 22.7 Å². The first-order chi connectivity index (χ1) is 22.2. The standard InChI is InChI=1S/C29H30N4O12S2/c34-26(30-24-16-32(28(24)36)47(41,42)43)25(22-14-8-3-9-15-22)31-46(39,40)19-23(29(37)44-17-20-10-4-1-5-11-20)27(35)33(38)45-18-21-12-6-2-7-13-21/h1-15,23-25,31,38H,16-19H2,(H,30,34)(H,41,42,43). The van der Waals surface area contributed by atoms with Crippen LogP contribution < -0.4 is 10.0 Å². The van der Waals surface area contributed by atoms with Crippen LogP contribution in [-0.4, -0.2) is 78.2 Å². The molecule has 4 rings (SSSR count). The minimum absolute atomic E-state index is 0.0801. The van der Waals surface area contributed by atoms with Gasteiger partial charge in [0, 0.05) is 0 Å². The van der Waals surface area contributed by atoms with Crippen LogP contribution in [0, 0.1) is 5.92 Å². The van der Waals surface area contributed by atoms with Gasteiger partial charge in [0.2, 0.25) is 15.9 Å². The van der Waals surface area contributed by atoms with E-state index < -0.39 is 74.3 Å². The van der Waals surface area contributed by atoms with E-state index in [0.717, 1.165) is 0 Å². The quantitative estimate of drug-likeness (QED) is 0.0427. The lowest BCUT2D eigenvalue weighted by Crippen LogP contribution is -2.66. The molecule has 250 valence electrons. The van der Waals surface area contributed by atoms with Crippen molar-refractivity contribution in [2.75, 3.05) is 12.3 Å². The van der Waals surface area contributed by atoms with Gasteiger partial charge in [-0.3, -0.25) is 28.9 Å². The maximum atomic E-state index is 13.5. The van der Waals surface area contributed by atoms with E-state index in [1.165, 1.54) is 24.3 Å². The summed E-state index contributed by atoms with van der Waals surface area (Å²) in [7, 11) is -9.63. The molecule has 3 unspecified atom stereocenters. The van der Waals surface area contributed by atoms with Gasteiger partial charge < -0.3 is 10.1 Å². The Morgan fingerprint density at radius 3 is 1.94 bits per heavy atom. The van der Waals surface area contributed by atoms with E-state index in [0.29, 0.717) is 11.1 Å². The Morgan fingerprint density at radius 2 is 1.40 bits per heavy atom. The molecule has 1 heterocycles. The average molecular weight is 691 g/mol. The highest BCUT2D eigenvalue weighted by Gasteiger charge is 2.46. The molecule has 0 saturated carbocycles. The third-order valence-corrected chi connectivity index (χ3v) is 9.01. The zero-order chi connectivity index (χ0) is 34.2. The molecule has 4 N–H and O–H groups in total. The van der Waals surface area contributed by atoms with Crippen molar-refractivity contribution in [1.82, 2.24) is 19.6 Å². The molecule has 0 aromatic heterocycles. The Balaban J connectivity index is 1.53. The number of ether oxygens (including phenoxy) is 1. The van der Waals surface area contributed by atoms with E-state index in [2.05, 4.69) is 10.0 Å². The number of hydrogen-bond acceptors (Lipinski definition) is 11. The predicted octanol–water partition coefficient (Wildman–Crippen LogP) is 0.486. The zero-order valence-electron chi connectivity index (χ0n) is 24.4. The van der Waals surface area contributed by atoms with Gasteiger partial charge in [-0.05, 0) is 16.7 Å². The lowest BCUT2D eigenvalue weighted by Gasteiger charge is -2.36. The van der Waals surface area contributed by atoms with E-state index in [1.807, 2.05) is 0 Å². The first-order valence-electron chi connectivity index (χ1n) is 13.8. The summed E-state index contributed by atoms with van der Waals surface area (Å²) in [5.74, 6) is -8.51. The lowest BCUT2D eigenvalue weighted by molar-refractivity contribution is -0.323. The van der Waals surface area contributed by atoms with Crippen LogP contribution in [0.25, 0.3) is 0 Å². The summed E-state index contributed by atoms with van der Waals surface area (Å²) < 4.78 is 65.9. The van der Waals surface area contributed by atoms with E-state index in [4.69, 9.17) is 14.1 Å². The second-order valence-electron chi connectivity index (χ2n) is 10.2. The summed E-state index contributed by atoms with van der Waals surface area (Å²) in [6.45, 7) is -1.25. The highest BCUT2D eigenvalue weighted by atomic mass is 32.2. The molecule has 1 fully saturated rings. The van der Waals surface area contributed by atoms with Crippen LogP contribution in [0.3, 0.4) is 0 Å². The van der Waals surface area contributed by atoms with E-state index in [-0.39, 0.29) is 28.3 Å². The molecule has 0 radical (unpaired) electrons. The SMILES string of the molecule is O=C(OCc1ccccc1)C(CS(=O)(=O)NC(C(=O)NC1CN(S(=O)(=O)O)C1=O)c1ccccc1)C(=O)N(O)OCc1ccccc1. The first kappa shape index (κ1) is 35.1. The van der Waals surface area contributed by atoms with Crippen molar-refractivity contribution < 1.29 is 55.3 Å². The van der Waals surface area contributed by atoms with Crippen LogP contribution in [0.4, 0.5) is 0 Å². The predicted molar refractivity (Wildman–Crippen MR) is 161 cm³/mol. The molecule has 0 bridgehead atoms. The van der Waals surface area contributed by atoms with Gasteiger partial charge in [0.15, 0.2) is 5.92 Å². The number of carbonyl (C=O) groups excluding carboxylic acids is 4. The number of carbonyl (C=O) groups is 4. The fourth-order valence-electron chi connectivity index (χ4n) is 4.31. The van der Waals surface area contributed by atoms with Crippen molar-refractivity contribution in [3.63, 3.8) is 0 Å². The Kier molecular flexibility index (Phi) is 11.4. The fourth-order valence-corrected chi connectivity index (χ4v) is 6.42. The summed E-state index contributed by atoms with van der Waals surface area (Å²) in [5.41, 5.74) is 1.14. The summed E-state index contributed by atoms with van der Waals surface area (Å²) in [5, 5.41) is 12.3. The third kappa shape index (κ3) is 9.64. The smallest absolute Gasteiger partial charge is 0.362 e. The van der Waals surface area contributed by atoms with Gasteiger partial charge in [-0.2, -0.15) is 13.1 Å². The Hall–Kier alpha value is -4.72. The number of sulfonamides is 1. The molecule has 3 aromatic carbocycles. The Bertz CT molecular complexity index is 1790. The molecule has 16 nitrogen and oxygen atoms in total. The normalized spacial score (nSPS) is 16.0. The fraction of sp³-hybridized carbons (Fsp3) is 0.241. The molecule has 1 aliphatic heterocycles. The Labute approximate surface area is 269 Å². The molecule has 47 heavy (non-hydrogen) atoms. The molecule has 0 aliphatic carbocycles. The number of hydroxylamine groups is 2. The molecule has 1 aliphatic rings. The number of nitrogens with zero attached hydrogens (tertiary/aromatic N) is 2.